The van der Waals surface area contributed by atoms with Gasteiger partial charge in [-0.2, -0.15) is 0 Å². The molecule has 0 radical (unpaired) electrons. The summed E-state index contributed by atoms with van der Waals surface area (Å²) in [6.45, 7) is 9.27. The standard InChI is InChI=1S/C32H39ClF2N6O2/c1-21-10-11-28(36-29(42)24-8-7-9-25(33)15-24)27(14-21)30(43)39-16-22(2)41(23(3)17-39)19-26-18-40(38-37-26)20-31(4)12-5-6-13-32(31,34)35/h7-11,14-15,18,22-23H,5-6,12-13,16-17,19-20H2,1-4H3,(H,36,42)/t22-,23+,31?. The van der Waals surface area contributed by atoms with Crippen LogP contribution >= 0.6 is 11.6 Å². The van der Waals surface area contributed by atoms with E-state index in [-0.39, 0.29) is 36.9 Å². The minimum atomic E-state index is -2.72. The lowest BCUT2D eigenvalue weighted by atomic mass is 9.72. The Labute approximate surface area is 256 Å². The Kier molecular flexibility index (Phi) is 8.90. The lowest BCUT2D eigenvalue weighted by Gasteiger charge is -2.44. The number of aromatic nitrogens is 3. The van der Waals surface area contributed by atoms with Crippen molar-refractivity contribution in [2.45, 2.75) is 84.5 Å². The van der Waals surface area contributed by atoms with Gasteiger partial charge in [0.25, 0.3) is 17.7 Å². The van der Waals surface area contributed by atoms with E-state index < -0.39 is 11.3 Å². The number of aryl methyl sites for hydroxylation is 1. The number of hydrogen-bond acceptors (Lipinski definition) is 5. The lowest BCUT2D eigenvalue weighted by Crippen LogP contribution is -2.57. The molecule has 0 bridgehead atoms. The maximum absolute atomic E-state index is 14.7. The first kappa shape index (κ1) is 31.1. The van der Waals surface area contributed by atoms with Crippen molar-refractivity contribution in [3.63, 3.8) is 0 Å². The number of carbonyl (C=O) groups is 2. The predicted octanol–water partition coefficient (Wildman–Crippen LogP) is 6.44. The smallest absolute Gasteiger partial charge is 0.256 e. The summed E-state index contributed by atoms with van der Waals surface area (Å²) in [7, 11) is 0. The summed E-state index contributed by atoms with van der Waals surface area (Å²) in [6, 6.07) is 12.1. The normalized spacial score (nSPS) is 24.1. The molecule has 43 heavy (non-hydrogen) atoms. The highest BCUT2D eigenvalue weighted by Crippen LogP contribution is 2.48. The minimum absolute atomic E-state index is 0.00681. The number of halogens is 3. The lowest BCUT2D eigenvalue weighted by molar-refractivity contribution is -0.149. The van der Waals surface area contributed by atoms with E-state index in [1.807, 2.05) is 17.9 Å². The Morgan fingerprint density at radius 1 is 1.07 bits per heavy atom. The number of benzene rings is 2. The van der Waals surface area contributed by atoms with Crippen LogP contribution in [0.2, 0.25) is 5.02 Å². The number of nitrogens with one attached hydrogen (secondary N) is 1. The van der Waals surface area contributed by atoms with Crippen molar-refractivity contribution in [3.8, 4) is 0 Å². The van der Waals surface area contributed by atoms with Crippen LogP contribution in [0.5, 0.6) is 0 Å². The molecule has 2 amide bonds. The first-order chi connectivity index (χ1) is 20.3. The van der Waals surface area contributed by atoms with E-state index in [2.05, 4.69) is 34.4 Å². The molecular formula is C32H39ClF2N6O2. The van der Waals surface area contributed by atoms with E-state index in [0.29, 0.717) is 60.0 Å². The minimum Gasteiger partial charge on any atom is -0.335 e. The van der Waals surface area contributed by atoms with Gasteiger partial charge >= 0.3 is 0 Å². The van der Waals surface area contributed by atoms with Crippen molar-refractivity contribution in [1.82, 2.24) is 24.8 Å². The molecule has 1 unspecified atom stereocenters. The van der Waals surface area contributed by atoms with E-state index in [0.717, 1.165) is 12.0 Å². The maximum atomic E-state index is 14.7. The van der Waals surface area contributed by atoms with Crippen molar-refractivity contribution in [2.75, 3.05) is 18.4 Å². The van der Waals surface area contributed by atoms with Gasteiger partial charge in [0, 0.05) is 54.9 Å². The SMILES string of the molecule is Cc1ccc(NC(=O)c2cccc(Cl)c2)c(C(=O)N2C[C@@H](C)N(Cc3cn(CC4(C)CCCCC4(F)F)nn3)[C@@H](C)C2)c1. The van der Waals surface area contributed by atoms with Gasteiger partial charge in [0.05, 0.1) is 28.9 Å². The average molecular weight is 613 g/mol. The van der Waals surface area contributed by atoms with E-state index in [1.165, 1.54) is 0 Å². The summed E-state index contributed by atoms with van der Waals surface area (Å²) in [4.78, 5) is 30.8. The van der Waals surface area contributed by atoms with Crippen LogP contribution in [0.1, 0.15) is 78.4 Å². The Morgan fingerprint density at radius 3 is 2.49 bits per heavy atom. The van der Waals surface area contributed by atoms with Gasteiger partial charge in [0.2, 0.25) is 0 Å². The molecule has 1 N–H and O–H groups in total. The maximum Gasteiger partial charge on any atom is 0.256 e. The molecule has 2 aliphatic rings. The second-order valence-electron chi connectivity index (χ2n) is 12.5. The van der Waals surface area contributed by atoms with Gasteiger partial charge < -0.3 is 10.2 Å². The van der Waals surface area contributed by atoms with Crippen LogP contribution in [0.25, 0.3) is 0 Å². The average Bonchev–Trinajstić information content (AvgIpc) is 3.39. The monoisotopic (exact) mass is 612 g/mol. The number of amides is 2. The zero-order chi connectivity index (χ0) is 30.9. The van der Waals surface area contributed by atoms with Gasteiger partial charge in [-0.25, -0.2) is 8.78 Å². The molecule has 2 fully saturated rings. The number of alkyl halides is 2. The summed E-state index contributed by atoms with van der Waals surface area (Å²) in [5.41, 5.74) is 1.76. The Balaban J connectivity index is 1.25. The zero-order valence-electron chi connectivity index (χ0n) is 25.1. The van der Waals surface area contributed by atoms with Crippen LogP contribution in [0.4, 0.5) is 14.5 Å². The van der Waals surface area contributed by atoms with Crippen molar-refractivity contribution in [1.29, 1.82) is 0 Å². The molecule has 1 saturated heterocycles. The third-order valence-corrected chi connectivity index (χ3v) is 9.16. The van der Waals surface area contributed by atoms with Crippen LogP contribution in [0.3, 0.4) is 0 Å². The Bertz CT molecular complexity index is 1480. The highest BCUT2D eigenvalue weighted by molar-refractivity contribution is 6.31. The molecule has 230 valence electrons. The van der Waals surface area contributed by atoms with Gasteiger partial charge in [-0.1, -0.05) is 47.9 Å². The van der Waals surface area contributed by atoms with E-state index in [9.17, 15) is 18.4 Å². The fourth-order valence-corrected chi connectivity index (χ4v) is 6.54. The second-order valence-corrected chi connectivity index (χ2v) is 12.9. The van der Waals surface area contributed by atoms with Gasteiger partial charge in [0.15, 0.2) is 0 Å². The van der Waals surface area contributed by atoms with Crippen molar-refractivity contribution in [3.05, 3.63) is 76.1 Å². The third-order valence-electron chi connectivity index (χ3n) is 8.92. The molecule has 11 heteroatoms. The number of piperazine rings is 1. The molecule has 0 spiro atoms. The molecule has 2 aromatic carbocycles. The fourth-order valence-electron chi connectivity index (χ4n) is 6.35. The molecule has 3 aromatic rings. The molecule has 1 aromatic heterocycles. The van der Waals surface area contributed by atoms with Crippen molar-refractivity contribution < 1.29 is 18.4 Å². The zero-order valence-corrected chi connectivity index (χ0v) is 25.9. The summed E-state index contributed by atoms with van der Waals surface area (Å²) in [5.74, 6) is -3.23. The Morgan fingerprint density at radius 2 is 1.79 bits per heavy atom. The molecule has 3 atom stereocenters. The van der Waals surface area contributed by atoms with Crippen LogP contribution in [-0.2, 0) is 13.1 Å². The topological polar surface area (TPSA) is 83.4 Å². The molecule has 8 nitrogen and oxygen atoms in total. The van der Waals surface area contributed by atoms with Crippen LogP contribution < -0.4 is 5.32 Å². The third kappa shape index (κ3) is 6.75. The van der Waals surface area contributed by atoms with Gasteiger partial charge in [-0.15, -0.1) is 5.10 Å². The number of carbonyl (C=O) groups excluding carboxylic acids is 2. The Hall–Kier alpha value is -3.37. The van der Waals surface area contributed by atoms with Crippen LogP contribution in [-0.4, -0.2) is 67.7 Å². The van der Waals surface area contributed by atoms with E-state index in [1.54, 1.807) is 54.2 Å². The summed E-state index contributed by atoms with van der Waals surface area (Å²) in [5, 5.41) is 11.8. The molecule has 1 aliphatic carbocycles. The van der Waals surface area contributed by atoms with Crippen LogP contribution in [0.15, 0.2) is 48.7 Å². The predicted molar refractivity (Wildman–Crippen MR) is 162 cm³/mol. The van der Waals surface area contributed by atoms with Gasteiger partial charge in [0.1, 0.15) is 0 Å². The number of nitrogens with zero attached hydrogens (tertiary/aromatic N) is 5. The number of hydrogen-bond donors (Lipinski definition) is 1. The molecule has 1 aliphatic heterocycles. The molecular weight excluding hydrogens is 574 g/mol. The van der Waals surface area contributed by atoms with Crippen molar-refractivity contribution in [2.24, 2.45) is 5.41 Å². The fraction of sp³-hybridized carbons (Fsp3) is 0.500. The summed E-state index contributed by atoms with van der Waals surface area (Å²) >= 11 is 6.06. The van der Waals surface area contributed by atoms with Crippen LogP contribution in [0, 0.1) is 12.3 Å². The summed E-state index contributed by atoms with van der Waals surface area (Å²) < 4.78 is 31.0. The molecule has 5 rings (SSSR count). The van der Waals surface area contributed by atoms with E-state index >= 15 is 0 Å². The van der Waals surface area contributed by atoms with Gasteiger partial charge in [-0.05, 0) is 63.9 Å². The quantitative estimate of drug-likeness (QED) is 0.332. The molecule has 1 saturated carbocycles. The first-order valence-corrected chi connectivity index (χ1v) is 15.2. The second kappa shape index (κ2) is 12.3. The number of rotatable bonds is 7. The highest BCUT2D eigenvalue weighted by atomic mass is 35.5. The number of anilines is 1. The van der Waals surface area contributed by atoms with Gasteiger partial charge in [-0.3, -0.25) is 19.2 Å². The molecule has 2 heterocycles. The summed E-state index contributed by atoms with van der Waals surface area (Å²) in [6.07, 6.45) is 3.50. The highest BCUT2D eigenvalue weighted by Gasteiger charge is 2.51. The first-order valence-electron chi connectivity index (χ1n) is 14.8. The van der Waals surface area contributed by atoms with Crippen molar-refractivity contribution >= 4 is 29.1 Å². The van der Waals surface area contributed by atoms with E-state index in [4.69, 9.17) is 11.6 Å². The largest absolute Gasteiger partial charge is 0.335 e.